The largest absolute Gasteiger partial charge is 0.479 e. The van der Waals surface area contributed by atoms with Gasteiger partial charge in [-0.25, -0.2) is 40.3 Å². The van der Waals surface area contributed by atoms with Gasteiger partial charge in [-0.05, 0) is 77.7 Å². The third-order valence-corrected chi connectivity index (χ3v) is 8.69. The average molecular weight is 789 g/mol. The predicted octanol–water partition coefficient (Wildman–Crippen LogP) is 10.1. The van der Waals surface area contributed by atoms with E-state index < -0.39 is 88.7 Å². The molecule has 0 aliphatic heterocycles. The molecule has 0 aliphatic carbocycles. The van der Waals surface area contributed by atoms with Crippen LogP contribution in [0.15, 0.2) is 109 Å². The maximum absolute atomic E-state index is 15.5. The van der Waals surface area contributed by atoms with E-state index in [-0.39, 0.29) is 35.3 Å². The van der Waals surface area contributed by atoms with Crippen molar-refractivity contribution in [2.24, 2.45) is 0 Å². The number of halogens is 7. The van der Waals surface area contributed by atoms with Crippen molar-refractivity contribution in [1.29, 1.82) is 0 Å². The molecule has 14 heteroatoms. The fraction of sp³-hybridized carbons (Fsp3) is 0.116. The molecule has 0 radical (unpaired) electrons. The molecule has 6 aromatic rings. The summed E-state index contributed by atoms with van der Waals surface area (Å²) in [6.07, 6.45) is 0. The van der Waals surface area contributed by atoms with Crippen molar-refractivity contribution in [3.05, 3.63) is 167 Å². The van der Waals surface area contributed by atoms with Crippen LogP contribution in [0, 0.1) is 47.6 Å². The van der Waals surface area contributed by atoms with Crippen LogP contribution in [-0.2, 0) is 27.4 Å². The van der Waals surface area contributed by atoms with Crippen molar-refractivity contribution in [2.75, 3.05) is 23.8 Å². The molecule has 0 heterocycles. The van der Waals surface area contributed by atoms with E-state index in [1.807, 2.05) is 30.3 Å². The monoisotopic (exact) mass is 788 g/mol. The molecule has 0 spiro atoms. The van der Waals surface area contributed by atoms with E-state index in [0.717, 1.165) is 35.9 Å². The summed E-state index contributed by atoms with van der Waals surface area (Å²) in [5.41, 5.74) is 1.08. The van der Waals surface area contributed by atoms with Gasteiger partial charge in [-0.15, -0.1) is 0 Å². The minimum Gasteiger partial charge on any atom is -0.479 e. The van der Waals surface area contributed by atoms with Gasteiger partial charge < -0.3 is 24.8 Å². The van der Waals surface area contributed by atoms with Gasteiger partial charge in [0.1, 0.15) is 40.5 Å². The number of carbonyl (C=O) groups excluding carboxylic acids is 2. The highest BCUT2D eigenvalue weighted by molar-refractivity contribution is 5.87. The molecular formula is C43H31F7N2O5. The summed E-state index contributed by atoms with van der Waals surface area (Å²) in [6.45, 7) is -1.16. The molecule has 0 unspecified atom stereocenters. The number of benzene rings is 6. The van der Waals surface area contributed by atoms with E-state index >= 15 is 13.2 Å². The van der Waals surface area contributed by atoms with Crippen LogP contribution in [0.4, 0.5) is 42.1 Å². The maximum Gasteiger partial charge on any atom is 0.351 e. The predicted molar refractivity (Wildman–Crippen MR) is 198 cm³/mol. The quantitative estimate of drug-likeness (QED) is 0.0646. The summed E-state index contributed by atoms with van der Waals surface area (Å²) in [5, 5.41) is 5.00. The summed E-state index contributed by atoms with van der Waals surface area (Å²) in [4.78, 5) is 24.6. The minimum atomic E-state index is -1.32. The van der Waals surface area contributed by atoms with Gasteiger partial charge in [-0.2, -0.15) is 0 Å². The van der Waals surface area contributed by atoms with E-state index in [0.29, 0.717) is 11.1 Å². The molecule has 0 saturated carbocycles. The maximum atomic E-state index is 15.5. The average Bonchev–Trinajstić information content (AvgIpc) is 3.19. The Hall–Kier alpha value is -6.83. The lowest BCUT2D eigenvalue weighted by Gasteiger charge is -2.16. The van der Waals surface area contributed by atoms with Crippen LogP contribution in [0.25, 0.3) is 22.3 Å². The number of hydrogen-bond acceptors (Lipinski definition) is 7. The van der Waals surface area contributed by atoms with Gasteiger partial charge in [0.15, 0.2) is 36.3 Å². The Morgan fingerprint density at radius 2 is 1.12 bits per heavy atom. The molecule has 0 saturated heterocycles. The van der Waals surface area contributed by atoms with Crippen LogP contribution in [-0.4, -0.2) is 25.2 Å². The number of anilines is 2. The second-order valence-electron chi connectivity index (χ2n) is 12.5. The van der Waals surface area contributed by atoms with Gasteiger partial charge in [-0.3, -0.25) is 0 Å². The molecule has 6 rings (SSSR count). The van der Waals surface area contributed by atoms with E-state index in [2.05, 4.69) is 15.4 Å². The second kappa shape index (κ2) is 17.8. The summed E-state index contributed by atoms with van der Waals surface area (Å²) in [5.74, 6) is -10.4. The van der Waals surface area contributed by atoms with Gasteiger partial charge in [0.25, 0.3) is 0 Å². The summed E-state index contributed by atoms with van der Waals surface area (Å²) < 4.78 is 118. The van der Waals surface area contributed by atoms with Gasteiger partial charge >= 0.3 is 11.9 Å². The smallest absolute Gasteiger partial charge is 0.351 e. The molecule has 7 nitrogen and oxygen atoms in total. The Kier molecular flexibility index (Phi) is 12.4. The third-order valence-electron chi connectivity index (χ3n) is 8.69. The van der Waals surface area contributed by atoms with Crippen LogP contribution in [0.3, 0.4) is 0 Å². The number of ether oxygens (including phenoxy) is 3. The summed E-state index contributed by atoms with van der Waals surface area (Å²) in [6, 6.07) is 25.2. The summed E-state index contributed by atoms with van der Waals surface area (Å²) >= 11 is 0. The first-order valence-electron chi connectivity index (χ1n) is 17.2. The van der Waals surface area contributed by atoms with E-state index in [9.17, 15) is 27.2 Å². The van der Waals surface area contributed by atoms with Crippen LogP contribution in [0.5, 0.6) is 11.5 Å². The molecular weight excluding hydrogens is 757 g/mol. The van der Waals surface area contributed by atoms with Crippen molar-refractivity contribution in [3.63, 3.8) is 0 Å². The Morgan fingerprint density at radius 1 is 0.544 bits per heavy atom. The highest BCUT2D eigenvalue weighted by Crippen LogP contribution is 2.32. The fourth-order valence-electron chi connectivity index (χ4n) is 5.77. The Balaban J connectivity index is 1.03. The zero-order valence-corrected chi connectivity index (χ0v) is 29.9. The minimum absolute atomic E-state index is 0.0550. The van der Waals surface area contributed by atoms with E-state index in [1.165, 1.54) is 36.4 Å². The van der Waals surface area contributed by atoms with Crippen molar-refractivity contribution in [2.45, 2.75) is 20.0 Å². The number of esters is 2. The van der Waals surface area contributed by atoms with Crippen LogP contribution in [0.2, 0.25) is 0 Å². The van der Waals surface area contributed by atoms with Crippen molar-refractivity contribution < 1.29 is 54.5 Å². The lowest BCUT2D eigenvalue weighted by molar-refractivity contribution is -0.162. The van der Waals surface area contributed by atoms with Crippen molar-refractivity contribution >= 4 is 23.3 Å². The molecule has 2 N–H and O–H groups in total. The Bertz CT molecular complexity index is 2450. The van der Waals surface area contributed by atoms with Crippen LogP contribution >= 0.6 is 0 Å². The zero-order valence-electron chi connectivity index (χ0n) is 29.9. The van der Waals surface area contributed by atoms with E-state index in [1.54, 1.807) is 19.1 Å². The Labute approximate surface area is 321 Å². The van der Waals surface area contributed by atoms with Gasteiger partial charge in [0.05, 0.1) is 0 Å². The number of nitrogens with one attached hydrogen (secondary N) is 2. The third kappa shape index (κ3) is 9.53. The lowest BCUT2D eigenvalue weighted by Crippen LogP contribution is -2.23. The van der Waals surface area contributed by atoms with Crippen molar-refractivity contribution in [3.8, 4) is 33.8 Å². The lowest BCUT2D eigenvalue weighted by atomic mass is 9.98. The van der Waals surface area contributed by atoms with Crippen molar-refractivity contribution in [1.82, 2.24) is 0 Å². The highest BCUT2D eigenvalue weighted by atomic mass is 19.2. The Morgan fingerprint density at radius 3 is 1.74 bits per heavy atom. The first-order chi connectivity index (χ1) is 27.4. The SMILES string of the molecule is Cc1ccc(-c2cccc(F)c2)c(F)c1CNc1c(F)ccc(OCC(=O)OC(=O)COc2ccc(F)c(NCc3cc(-c4ccccc4)ccc3F)c2F)c1F. The first-order valence-corrected chi connectivity index (χ1v) is 17.2. The van der Waals surface area contributed by atoms with Gasteiger partial charge in [0, 0.05) is 29.8 Å². The summed E-state index contributed by atoms with van der Waals surface area (Å²) in [7, 11) is 0. The van der Waals surface area contributed by atoms with Gasteiger partial charge in [0.2, 0.25) is 0 Å². The molecule has 0 fully saturated rings. The standard InChI is InChI=1S/C43H31F7N2O5/c1-24-10-12-30(27-8-5-9-29(44)19-27)39(48)31(24)21-52-43-34(47)15-17-36(41(43)50)56-23-38(54)57-37(53)22-55-35-16-14-33(46)42(40(35)49)51-20-28-18-26(11-13-32(28)45)25-6-3-2-4-7-25/h2-19,51-52H,20-23H2,1H3. The number of aryl methyl sites for hydroxylation is 1. The number of hydrogen-bond donors (Lipinski definition) is 2. The van der Waals surface area contributed by atoms with Crippen LogP contribution < -0.4 is 20.1 Å². The molecule has 292 valence electrons. The second-order valence-corrected chi connectivity index (χ2v) is 12.5. The molecule has 0 aromatic heterocycles. The fourth-order valence-corrected chi connectivity index (χ4v) is 5.77. The molecule has 0 atom stereocenters. The molecule has 57 heavy (non-hydrogen) atoms. The van der Waals surface area contributed by atoms with E-state index in [4.69, 9.17) is 9.47 Å². The number of carbonyl (C=O) groups is 2. The topological polar surface area (TPSA) is 85.9 Å². The molecule has 0 aliphatic rings. The van der Waals surface area contributed by atoms with Gasteiger partial charge in [-0.1, -0.05) is 60.7 Å². The first kappa shape index (κ1) is 39.9. The van der Waals surface area contributed by atoms with Crippen LogP contribution in [0.1, 0.15) is 16.7 Å². The molecule has 0 amide bonds. The highest BCUT2D eigenvalue weighted by Gasteiger charge is 2.21. The normalized spacial score (nSPS) is 10.9. The molecule has 0 bridgehead atoms. The number of rotatable bonds is 14. The molecule has 6 aromatic carbocycles. The zero-order chi connectivity index (χ0) is 40.6.